The van der Waals surface area contributed by atoms with Crippen molar-refractivity contribution in [2.75, 3.05) is 23.7 Å². The van der Waals surface area contributed by atoms with Gasteiger partial charge in [-0.2, -0.15) is 5.10 Å². The average Bonchev–Trinajstić information content (AvgIpc) is 2.69. The molecule has 0 aliphatic carbocycles. The van der Waals surface area contributed by atoms with Crippen LogP contribution < -0.4 is 10.3 Å². The van der Waals surface area contributed by atoms with Gasteiger partial charge >= 0.3 is 0 Å². The van der Waals surface area contributed by atoms with Crippen molar-refractivity contribution in [3.05, 3.63) is 68.2 Å². The number of anilines is 1. The maximum Gasteiger partial charge on any atom is 0.270 e. The number of non-ortho nitro benzene ring substituents is 1. The highest BCUT2D eigenvalue weighted by molar-refractivity contribution is 9.10. The van der Waals surface area contributed by atoms with Crippen LogP contribution in [0.2, 0.25) is 0 Å². The molecule has 0 saturated carbocycles. The van der Waals surface area contributed by atoms with E-state index in [1.54, 1.807) is 6.07 Å². The van der Waals surface area contributed by atoms with Gasteiger partial charge in [-0.25, -0.2) is 5.43 Å². The number of amides is 1. The summed E-state index contributed by atoms with van der Waals surface area (Å²) in [4.78, 5) is 24.7. The highest BCUT2D eigenvalue weighted by Crippen LogP contribution is 2.24. The smallest absolute Gasteiger partial charge is 0.270 e. The van der Waals surface area contributed by atoms with Gasteiger partial charge in [0.25, 0.3) is 5.69 Å². The first-order chi connectivity index (χ1) is 13.9. The fourth-order valence-electron chi connectivity index (χ4n) is 2.71. The van der Waals surface area contributed by atoms with Crippen molar-refractivity contribution in [3.8, 4) is 0 Å². The lowest BCUT2D eigenvalue weighted by molar-refractivity contribution is -0.384. The third-order valence-corrected chi connectivity index (χ3v) is 5.61. The van der Waals surface area contributed by atoms with Gasteiger partial charge in [0.2, 0.25) is 5.91 Å². The Balaban J connectivity index is 1.97. The third-order valence-electron chi connectivity index (χ3n) is 4.11. The van der Waals surface area contributed by atoms with Gasteiger partial charge in [-0.15, -0.1) is 11.8 Å². The number of nitrogens with zero attached hydrogens (tertiary/aromatic N) is 3. The number of hydrogen-bond acceptors (Lipinski definition) is 6. The predicted octanol–water partition coefficient (Wildman–Crippen LogP) is 4.59. The van der Waals surface area contributed by atoms with Gasteiger partial charge in [0, 0.05) is 46.7 Å². The van der Waals surface area contributed by atoms with Gasteiger partial charge in [0.05, 0.1) is 16.9 Å². The van der Waals surface area contributed by atoms with E-state index in [0.717, 1.165) is 28.8 Å². The van der Waals surface area contributed by atoms with E-state index in [4.69, 9.17) is 0 Å². The zero-order valence-electron chi connectivity index (χ0n) is 16.3. The molecule has 2 aromatic carbocycles. The minimum atomic E-state index is -0.444. The summed E-state index contributed by atoms with van der Waals surface area (Å²) in [5, 5.41) is 15.1. The molecule has 1 N–H and O–H groups in total. The summed E-state index contributed by atoms with van der Waals surface area (Å²) >= 11 is 4.91. The maximum atomic E-state index is 12.0. The Kier molecular flexibility index (Phi) is 9.14. The molecule has 0 bridgehead atoms. The number of nitro groups is 1. The third kappa shape index (κ3) is 7.17. The van der Waals surface area contributed by atoms with Crippen LogP contribution in [0.25, 0.3) is 0 Å². The number of thioether (sulfide) groups is 1. The Morgan fingerprint density at radius 1 is 1.28 bits per heavy atom. The van der Waals surface area contributed by atoms with Crippen LogP contribution >= 0.6 is 27.7 Å². The second kappa shape index (κ2) is 11.6. The highest BCUT2D eigenvalue weighted by Gasteiger charge is 2.13. The maximum absolute atomic E-state index is 12.0. The van der Waals surface area contributed by atoms with Gasteiger partial charge in [0.15, 0.2) is 0 Å². The van der Waals surface area contributed by atoms with Crippen molar-refractivity contribution in [1.29, 1.82) is 0 Å². The van der Waals surface area contributed by atoms with Crippen LogP contribution in [0.5, 0.6) is 0 Å². The first-order valence-electron chi connectivity index (χ1n) is 9.12. The molecule has 0 aromatic heterocycles. The van der Waals surface area contributed by atoms with Crippen LogP contribution in [-0.4, -0.2) is 35.9 Å². The topological polar surface area (TPSA) is 87.8 Å². The minimum Gasteiger partial charge on any atom is -0.372 e. The molecule has 0 fully saturated rings. The normalized spacial score (nSPS) is 10.9. The van der Waals surface area contributed by atoms with Crippen molar-refractivity contribution in [1.82, 2.24) is 5.43 Å². The molecule has 0 atom stereocenters. The molecule has 2 rings (SSSR count). The number of halogens is 1. The lowest BCUT2D eigenvalue weighted by Crippen LogP contribution is -2.23. The molecule has 0 saturated heterocycles. The first kappa shape index (κ1) is 22.9. The zero-order chi connectivity index (χ0) is 21.2. The Hall–Kier alpha value is -2.39. The Bertz CT molecular complexity index is 888. The quantitative estimate of drug-likeness (QED) is 0.306. The van der Waals surface area contributed by atoms with Crippen LogP contribution in [0.3, 0.4) is 0 Å². The van der Waals surface area contributed by atoms with E-state index < -0.39 is 4.92 Å². The van der Waals surface area contributed by atoms with Gasteiger partial charge in [-0.3, -0.25) is 14.9 Å². The standard InChI is InChI=1S/C20H23BrN4O3S/c1-3-24(4-2)19-9-8-18(25(27)28)11-16(19)12-22-23-20(26)14-29-13-15-6-5-7-17(21)10-15/h5-12H,3-4,13-14H2,1-2H3,(H,23,26)/b22-12-. The van der Waals surface area contributed by atoms with Crippen molar-refractivity contribution < 1.29 is 9.72 Å². The minimum absolute atomic E-state index is 0.0155. The van der Waals surface area contributed by atoms with E-state index in [2.05, 4.69) is 31.4 Å². The fourth-order valence-corrected chi connectivity index (χ4v) is 3.92. The number of benzene rings is 2. The number of hydrazone groups is 1. The number of nitro benzene ring substituents is 1. The molecule has 9 heteroatoms. The number of carbonyl (C=O) groups excluding carboxylic acids is 1. The molecule has 0 aliphatic rings. The SMILES string of the molecule is CCN(CC)c1ccc([N+](=O)[O-])cc1/C=N\NC(=O)CSCc1cccc(Br)c1. The molecule has 0 radical (unpaired) electrons. The number of nitrogens with one attached hydrogen (secondary N) is 1. The van der Waals surface area contributed by atoms with Crippen molar-refractivity contribution in [3.63, 3.8) is 0 Å². The van der Waals surface area contributed by atoms with Crippen LogP contribution in [0, 0.1) is 10.1 Å². The Morgan fingerprint density at radius 3 is 2.69 bits per heavy atom. The second-order valence-electron chi connectivity index (χ2n) is 6.09. The molecule has 0 heterocycles. The molecular formula is C20H23BrN4O3S. The number of carbonyl (C=O) groups is 1. The molecule has 29 heavy (non-hydrogen) atoms. The van der Waals surface area contributed by atoms with Crippen molar-refractivity contribution in [2.45, 2.75) is 19.6 Å². The molecule has 2 aromatic rings. The zero-order valence-corrected chi connectivity index (χ0v) is 18.7. The predicted molar refractivity (Wildman–Crippen MR) is 123 cm³/mol. The average molecular weight is 479 g/mol. The fraction of sp³-hybridized carbons (Fsp3) is 0.300. The van der Waals surface area contributed by atoms with E-state index in [1.807, 2.05) is 38.1 Å². The monoisotopic (exact) mass is 478 g/mol. The molecule has 0 aliphatic heterocycles. The van der Waals surface area contributed by atoms with Gasteiger partial charge in [-0.05, 0) is 37.6 Å². The molecule has 1 amide bonds. The van der Waals surface area contributed by atoms with Crippen LogP contribution in [-0.2, 0) is 10.5 Å². The molecule has 0 spiro atoms. The van der Waals surface area contributed by atoms with E-state index in [9.17, 15) is 14.9 Å². The summed E-state index contributed by atoms with van der Waals surface area (Å²) in [5.41, 5.74) is 5.03. The highest BCUT2D eigenvalue weighted by atomic mass is 79.9. The first-order valence-corrected chi connectivity index (χ1v) is 11.1. The summed E-state index contributed by atoms with van der Waals surface area (Å²) in [7, 11) is 0. The van der Waals surface area contributed by atoms with E-state index in [1.165, 1.54) is 30.1 Å². The van der Waals surface area contributed by atoms with Crippen LogP contribution in [0.15, 0.2) is 52.0 Å². The van der Waals surface area contributed by atoms with E-state index in [-0.39, 0.29) is 17.3 Å². The van der Waals surface area contributed by atoms with Crippen LogP contribution in [0.4, 0.5) is 11.4 Å². The van der Waals surface area contributed by atoms with Crippen LogP contribution in [0.1, 0.15) is 25.0 Å². The summed E-state index contributed by atoms with van der Waals surface area (Å²) < 4.78 is 1.01. The van der Waals surface area contributed by atoms with Crippen molar-refractivity contribution >= 4 is 51.2 Å². The Labute approximate surface area is 182 Å². The lowest BCUT2D eigenvalue weighted by atomic mass is 10.1. The van der Waals surface area contributed by atoms with Gasteiger partial charge in [0.1, 0.15) is 0 Å². The molecule has 154 valence electrons. The summed E-state index contributed by atoms with van der Waals surface area (Å²) in [5.74, 6) is 0.756. The molecule has 7 nitrogen and oxygen atoms in total. The Morgan fingerprint density at radius 2 is 2.03 bits per heavy atom. The van der Waals surface area contributed by atoms with Gasteiger partial charge in [-0.1, -0.05) is 28.1 Å². The summed E-state index contributed by atoms with van der Waals surface area (Å²) in [6.07, 6.45) is 1.46. The molecular weight excluding hydrogens is 456 g/mol. The lowest BCUT2D eigenvalue weighted by Gasteiger charge is -2.22. The number of rotatable bonds is 10. The summed E-state index contributed by atoms with van der Waals surface area (Å²) in [6, 6.07) is 12.6. The van der Waals surface area contributed by atoms with Gasteiger partial charge < -0.3 is 4.90 Å². The largest absolute Gasteiger partial charge is 0.372 e. The second-order valence-corrected chi connectivity index (χ2v) is 7.99. The summed E-state index contributed by atoms with van der Waals surface area (Å²) in [6.45, 7) is 5.54. The van der Waals surface area contributed by atoms with E-state index in [0.29, 0.717) is 11.3 Å². The van der Waals surface area contributed by atoms with E-state index >= 15 is 0 Å². The van der Waals surface area contributed by atoms with Crippen molar-refractivity contribution in [2.24, 2.45) is 5.10 Å². The number of hydrogen-bond donors (Lipinski definition) is 1. The molecule has 0 unspecified atom stereocenters.